The first-order valence-electron chi connectivity index (χ1n) is 7.02. The Bertz CT molecular complexity index is 563. The summed E-state index contributed by atoms with van der Waals surface area (Å²) in [5.74, 6) is 0.902. The first-order valence-corrected chi connectivity index (χ1v) is 7.90. The summed E-state index contributed by atoms with van der Waals surface area (Å²) in [6.45, 7) is 6.73. The van der Waals surface area contributed by atoms with E-state index >= 15 is 0 Å². The molecule has 1 atom stereocenters. The van der Waals surface area contributed by atoms with Gasteiger partial charge >= 0.3 is 0 Å². The van der Waals surface area contributed by atoms with E-state index in [4.69, 9.17) is 10.5 Å². The highest BCUT2D eigenvalue weighted by atomic mass is 32.1. The molecule has 0 saturated carbocycles. The maximum atomic E-state index is 5.88. The first kappa shape index (κ1) is 15.0. The molecule has 0 amide bonds. The maximum absolute atomic E-state index is 5.88. The molecule has 4 heteroatoms. The number of nitrogens with zero attached hydrogens (tertiary/aromatic N) is 1. The topological polar surface area (TPSA) is 48.1 Å². The van der Waals surface area contributed by atoms with E-state index in [1.165, 1.54) is 5.01 Å². The Labute approximate surface area is 124 Å². The zero-order valence-corrected chi connectivity index (χ0v) is 13.2. The molecule has 3 nitrogen and oxygen atoms in total. The van der Waals surface area contributed by atoms with Crippen molar-refractivity contribution in [3.8, 4) is 5.75 Å². The highest BCUT2D eigenvalue weighted by molar-refractivity contribution is 7.09. The number of hydrogen-bond donors (Lipinski definition) is 1. The number of hydrogen-bond acceptors (Lipinski definition) is 4. The van der Waals surface area contributed by atoms with Crippen molar-refractivity contribution < 1.29 is 4.74 Å². The molecule has 1 unspecified atom stereocenters. The zero-order chi connectivity index (χ0) is 14.5. The van der Waals surface area contributed by atoms with Gasteiger partial charge in [-0.3, -0.25) is 0 Å². The minimum absolute atomic E-state index is 0.0536. The summed E-state index contributed by atoms with van der Waals surface area (Å²) in [6.07, 6.45) is 2.18. The lowest BCUT2D eigenvalue weighted by Gasteiger charge is -2.11. The van der Waals surface area contributed by atoms with Gasteiger partial charge in [0, 0.05) is 11.4 Å². The third-order valence-corrected chi connectivity index (χ3v) is 4.12. The van der Waals surface area contributed by atoms with Crippen LogP contribution < -0.4 is 10.5 Å². The third kappa shape index (κ3) is 3.81. The minimum atomic E-state index is 0.0536. The van der Waals surface area contributed by atoms with Gasteiger partial charge in [-0.15, -0.1) is 11.3 Å². The predicted molar refractivity (Wildman–Crippen MR) is 84.2 cm³/mol. The van der Waals surface area contributed by atoms with Crippen molar-refractivity contribution in [2.45, 2.75) is 46.3 Å². The monoisotopic (exact) mass is 290 g/mol. The van der Waals surface area contributed by atoms with Crippen LogP contribution in [0, 0.1) is 6.92 Å². The highest BCUT2D eigenvalue weighted by Gasteiger charge is 2.06. The van der Waals surface area contributed by atoms with Crippen molar-refractivity contribution in [1.29, 1.82) is 0 Å². The van der Waals surface area contributed by atoms with Crippen molar-refractivity contribution in [3.05, 3.63) is 45.4 Å². The summed E-state index contributed by atoms with van der Waals surface area (Å²) in [7, 11) is 0. The molecule has 0 spiro atoms. The molecule has 1 aromatic heterocycles. The van der Waals surface area contributed by atoms with Crippen LogP contribution in [-0.2, 0) is 13.0 Å². The molecule has 0 bridgehead atoms. The van der Waals surface area contributed by atoms with Crippen molar-refractivity contribution in [2.75, 3.05) is 0 Å². The van der Waals surface area contributed by atoms with Gasteiger partial charge in [-0.25, -0.2) is 4.98 Å². The van der Waals surface area contributed by atoms with Crippen LogP contribution in [0.4, 0.5) is 0 Å². The highest BCUT2D eigenvalue weighted by Crippen LogP contribution is 2.23. The molecule has 2 N–H and O–H groups in total. The molecule has 0 aliphatic rings. The van der Waals surface area contributed by atoms with Crippen LogP contribution in [0.25, 0.3) is 0 Å². The van der Waals surface area contributed by atoms with Gasteiger partial charge in [0.2, 0.25) is 0 Å². The van der Waals surface area contributed by atoms with E-state index < -0.39 is 0 Å². The number of benzene rings is 1. The Morgan fingerprint density at radius 2 is 2.20 bits per heavy atom. The van der Waals surface area contributed by atoms with E-state index in [-0.39, 0.29) is 6.04 Å². The standard InChI is InChI=1S/C16H22N2OS/c1-4-5-16-18-14(10-20-16)9-19-15-7-6-13(12(3)17)8-11(15)2/h6-8,10,12H,4-5,9,17H2,1-3H3. The van der Waals surface area contributed by atoms with Crippen LogP contribution in [0.1, 0.15) is 48.1 Å². The number of nitrogens with two attached hydrogens (primary N) is 1. The fourth-order valence-corrected chi connectivity index (χ4v) is 2.90. The molecular weight excluding hydrogens is 268 g/mol. The maximum Gasteiger partial charge on any atom is 0.131 e. The van der Waals surface area contributed by atoms with Crippen LogP contribution in [0.3, 0.4) is 0 Å². The number of aryl methyl sites for hydroxylation is 2. The number of thiazole rings is 1. The fourth-order valence-electron chi connectivity index (χ4n) is 2.01. The Balaban J connectivity index is 1.99. The molecule has 1 aromatic carbocycles. The van der Waals surface area contributed by atoms with Gasteiger partial charge in [-0.05, 0) is 43.9 Å². The minimum Gasteiger partial charge on any atom is -0.487 e. The fraction of sp³-hybridized carbons (Fsp3) is 0.438. The van der Waals surface area contributed by atoms with Crippen molar-refractivity contribution >= 4 is 11.3 Å². The molecule has 1 heterocycles. The third-order valence-electron chi connectivity index (χ3n) is 3.16. The molecule has 2 rings (SSSR count). The van der Waals surface area contributed by atoms with Gasteiger partial charge in [-0.1, -0.05) is 19.1 Å². The van der Waals surface area contributed by atoms with Crippen LogP contribution in [0.2, 0.25) is 0 Å². The largest absolute Gasteiger partial charge is 0.487 e. The van der Waals surface area contributed by atoms with E-state index in [1.807, 2.05) is 26.0 Å². The normalized spacial score (nSPS) is 12.4. The van der Waals surface area contributed by atoms with Crippen molar-refractivity contribution in [1.82, 2.24) is 4.98 Å². The SMILES string of the molecule is CCCc1nc(COc2ccc(C(C)N)cc2C)cs1. The molecule has 0 radical (unpaired) electrons. The van der Waals surface area contributed by atoms with Crippen LogP contribution >= 0.6 is 11.3 Å². The number of rotatable bonds is 6. The molecule has 0 saturated heterocycles. The second-order valence-electron chi connectivity index (χ2n) is 5.08. The van der Waals surface area contributed by atoms with Crippen molar-refractivity contribution in [3.63, 3.8) is 0 Å². The van der Waals surface area contributed by atoms with Gasteiger partial charge in [0.15, 0.2) is 0 Å². The first-order chi connectivity index (χ1) is 9.60. The average Bonchev–Trinajstić information content (AvgIpc) is 2.85. The Morgan fingerprint density at radius 1 is 1.40 bits per heavy atom. The Kier molecular flexibility index (Phi) is 5.15. The smallest absolute Gasteiger partial charge is 0.131 e. The molecule has 0 aliphatic heterocycles. The van der Waals surface area contributed by atoms with Gasteiger partial charge in [-0.2, -0.15) is 0 Å². The quantitative estimate of drug-likeness (QED) is 0.874. The lowest BCUT2D eigenvalue weighted by molar-refractivity contribution is 0.299. The summed E-state index contributed by atoms with van der Waals surface area (Å²) >= 11 is 1.71. The van der Waals surface area contributed by atoms with Gasteiger partial charge in [0.05, 0.1) is 10.7 Å². The predicted octanol–water partition coefficient (Wildman–Crippen LogP) is 4.00. The van der Waals surface area contributed by atoms with E-state index in [1.54, 1.807) is 11.3 Å². The molecule has 0 fully saturated rings. The lowest BCUT2D eigenvalue weighted by atomic mass is 10.1. The molecular formula is C16H22N2OS. The zero-order valence-electron chi connectivity index (χ0n) is 12.3. The number of ether oxygens (including phenoxy) is 1. The summed E-state index contributed by atoms with van der Waals surface area (Å²) < 4.78 is 5.85. The average molecular weight is 290 g/mol. The summed E-state index contributed by atoms with van der Waals surface area (Å²) in [5, 5.41) is 3.27. The number of aromatic nitrogens is 1. The molecule has 20 heavy (non-hydrogen) atoms. The second-order valence-corrected chi connectivity index (χ2v) is 6.03. The molecule has 2 aromatic rings. The van der Waals surface area contributed by atoms with E-state index in [2.05, 4.69) is 23.4 Å². The van der Waals surface area contributed by atoms with Crippen LogP contribution in [0.15, 0.2) is 23.6 Å². The summed E-state index contributed by atoms with van der Waals surface area (Å²) in [6, 6.07) is 6.16. The molecule has 108 valence electrons. The van der Waals surface area contributed by atoms with Crippen molar-refractivity contribution in [2.24, 2.45) is 5.73 Å². The summed E-state index contributed by atoms with van der Waals surface area (Å²) in [4.78, 5) is 4.56. The Hall–Kier alpha value is -1.39. The lowest BCUT2D eigenvalue weighted by Crippen LogP contribution is -2.05. The van der Waals surface area contributed by atoms with Crippen LogP contribution in [-0.4, -0.2) is 4.98 Å². The van der Waals surface area contributed by atoms with E-state index in [9.17, 15) is 0 Å². The van der Waals surface area contributed by atoms with E-state index in [0.717, 1.165) is 35.4 Å². The van der Waals surface area contributed by atoms with E-state index in [0.29, 0.717) is 6.61 Å². The van der Waals surface area contributed by atoms with Gasteiger partial charge in [0.1, 0.15) is 12.4 Å². The second kappa shape index (κ2) is 6.86. The van der Waals surface area contributed by atoms with Crippen LogP contribution in [0.5, 0.6) is 5.75 Å². The van der Waals surface area contributed by atoms with Gasteiger partial charge in [0.25, 0.3) is 0 Å². The van der Waals surface area contributed by atoms with Gasteiger partial charge < -0.3 is 10.5 Å². The molecule has 0 aliphatic carbocycles. The summed E-state index contributed by atoms with van der Waals surface area (Å²) in [5.41, 5.74) is 9.14. The Morgan fingerprint density at radius 3 is 2.85 bits per heavy atom.